The quantitative estimate of drug-likeness (QED) is 0.772. The highest BCUT2D eigenvalue weighted by Crippen LogP contribution is 2.31. The van der Waals surface area contributed by atoms with Crippen LogP contribution in [0.15, 0.2) is 24.3 Å². The summed E-state index contributed by atoms with van der Waals surface area (Å²) in [6.07, 6.45) is 1.49. The number of nitrogens with one attached hydrogen (secondary N) is 2. The number of rotatable bonds is 4. The van der Waals surface area contributed by atoms with Crippen molar-refractivity contribution < 1.29 is 9.18 Å². The molecule has 1 amide bonds. The second kappa shape index (κ2) is 5.57. The summed E-state index contributed by atoms with van der Waals surface area (Å²) in [5, 5.41) is 6.52. The third kappa shape index (κ3) is 2.71. The van der Waals surface area contributed by atoms with Crippen LogP contribution in [0.5, 0.6) is 0 Å². The first-order valence-electron chi connectivity index (χ1n) is 6.63. The van der Waals surface area contributed by atoms with E-state index < -0.39 is 5.54 Å². The van der Waals surface area contributed by atoms with Crippen LogP contribution in [0.3, 0.4) is 0 Å². The summed E-state index contributed by atoms with van der Waals surface area (Å²) in [7, 11) is 0. The minimum atomic E-state index is -0.752. The van der Waals surface area contributed by atoms with Gasteiger partial charge in [0.1, 0.15) is 11.4 Å². The number of piperidine rings is 1. The van der Waals surface area contributed by atoms with E-state index in [9.17, 15) is 9.18 Å². The molecule has 0 aliphatic carbocycles. The zero-order valence-electron chi connectivity index (χ0n) is 11.1. The lowest BCUT2D eigenvalue weighted by atomic mass is 9.76. The SMILES string of the molecule is CCC1CNCCC1(Nc1ccc(F)cc1)C(N)=O. The lowest BCUT2D eigenvalue weighted by Gasteiger charge is -2.43. The van der Waals surface area contributed by atoms with Gasteiger partial charge in [-0.05, 0) is 43.7 Å². The van der Waals surface area contributed by atoms with Gasteiger partial charge < -0.3 is 16.4 Å². The highest BCUT2D eigenvalue weighted by Gasteiger charge is 2.44. The molecule has 1 aliphatic heterocycles. The van der Waals surface area contributed by atoms with E-state index in [1.165, 1.54) is 12.1 Å². The molecule has 2 rings (SSSR count). The van der Waals surface area contributed by atoms with E-state index >= 15 is 0 Å². The maximum absolute atomic E-state index is 12.9. The number of halogens is 1. The molecule has 4 N–H and O–H groups in total. The van der Waals surface area contributed by atoms with Crippen LogP contribution in [-0.2, 0) is 4.79 Å². The summed E-state index contributed by atoms with van der Waals surface area (Å²) in [4.78, 5) is 12.0. The summed E-state index contributed by atoms with van der Waals surface area (Å²) in [6, 6.07) is 6.02. The van der Waals surface area contributed by atoms with E-state index in [0.29, 0.717) is 6.42 Å². The molecule has 1 saturated heterocycles. The normalized spacial score (nSPS) is 26.9. The maximum atomic E-state index is 12.9. The smallest absolute Gasteiger partial charge is 0.243 e. The lowest BCUT2D eigenvalue weighted by Crippen LogP contribution is -2.62. The van der Waals surface area contributed by atoms with Crippen LogP contribution in [0.2, 0.25) is 0 Å². The number of nitrogens with two attached hydrogens (primary N) is 1. The van der Waals surface area contributed by atoms with Crippen molar-refractivity contribution in [3.8, 4) is 0 Å². The fourth-order valence-electron chi connectivity index (χ4n) is 2.77. The first-order chi connectivity index (χ1) is 9.08. The van der Waals surface area contributed by atoms with Gasteiger partial charge >= 0.3 is 0 Å². The fourth-order valence-corrected chi connectivity index (χ4v) is 2.77. The predicted molar refractivity (Wildman–Crippen MR) is 73.2 cm³/mol. The number of carbonyl (C=O) groups is 1. The highest BCUT2D eigenvalue weighted by molar-refractivity contribution is 5.88. The van der Waals surface area contributed by atoms with E-state index in [-0.39, 0.29) is 17.6 Å². The van der Waals surface area contributed by atoms with Crippen molar-refractivity contribution in [1.29, 1.82) is 0 Å². The zero-order valence-corrected chi connectivity index (χ0v) is 11.1. The Morgan fingerprint density at radius 2 is 2.21 bits per heavy atom. The van der Waals surface area contributed by atoms with Crippen LogP contribution in [0, 0.1) is 11.7 Å². The monoisotopic (exact) mass is 265 g/mol. The minimum Gasteiger partial charge on any atom is -0.371 e. The number of primary amides is 1. The van der Waals surface area contributed by atoms with Crippen LogP contribution in [0.1, 0.15) is 19.8 Å². The standard InChI is InChI=1S/C14H20FN3O/c1-2-10-9-17-8-7-14(10,13(16)19)18-12-5-3-11(15)4-6-12/h3-6,10,17-18H,2,7-9H2,1H3,(H2,16,19). The second-order valence-corrected chi connectivity index (χ2v) is 5.03. The molecule has 4 nitrogen and oxygen atoms in total. The molecule has 0 radical (unpaired) electrons. The Morgan fingerprint density at radius 1 is 1.53 bits per heavy atom. The number of hydrogen-bond acceptors (Lipinski definition) is 3. The average Bonchev–Trinajstić information content (AvgIpc) is 2.41. The zero-order chi connectivity index (χ0) is 13.9. The molecule has 104 valence electrons. The highest BCUT2D eigenvalue weighted by atomic mass is 19.1. The third-order valence-corrected chi connectivity index (χ3v) is 3.93. The molecule has 0 aromatic heterocycles. The number of hydrogen-bond donors (Lipinski definition) is 3. The van der Waals surface area contributed by atoms with Crippen molar-refractivity contribution in [2.75, 3.05) is 18.4 Å². The molecule has 1 aromatic rings. The number of benzene rings is 1. The van der Waals surface area contributed by atoms with E-state index in [4.69, 9.17) is 5.73 Å². The Balaban J connectivity index is 2.28. The Morgan fingerprint density at radius 3 is 2.79 bits per heavy atom. The van der Waals surface area contributed by atoms with Crippen LogP contribution >= 0.6 is 0 Å². The van der Waals surface area contributed by atoms with Crippen molar-refractivity contribution in [2.45, 2.75) is 25.3 Å². The molecule has 1 aliphatic rings. The summed E-state index contributed by atoms with van der Waals surface area (Å²) in [5.74, 6) is -0.509. The topological polar surface area (TPSA) is 67.2 Å². The van der Waals surface area contributed by atoms with Gasteiger partial charge in [0.2, 0.25) is 5.91 Å². The second-order valence-electron chi connectivity index (χ2n) is 5.03. The molecule has 2 unspecified atom stereocenters. The van der Waals surface area contributed by atoms with Gasteiger partial charge in [0.15, 0.2) is 0 Å². The van der Waals surface area contributed by atoms with E-state index in [1.807, 2.05) is 6.92 Å². The van der Waals surface area contributed by atoms with E-state index in [1.54, 1.807) is 12.1 Å². The molecular formula is C14H20FN3O. The van der Waals surface area contributed by atoms with Crippen LogP contribution in [0.25, 0.3) is 0 Å². The molecule has 1 fully saturated rings. The Kier molecular flexibility index (Phi) is 4.04. The van der Waals surface area contributed by atoms with Gasteiger partial charge in [-0.25, -0.2) is 4.39 Å². The number of amides is 1. The Bertz CT molecular complexity index is 449. The molecular weight excluding hydrogens is 245 g/mol. The summed E-state index contributed by atoms with van der Waals surface area (Å²) >= 11 is 0. The van der Waals surface area contributed by atoms with Crippen LogP contribution in [0.4, 0.5) is 10.1 Å². The largest absolute Gasteiger partial charge is 0.371 e. The third-order valence-electron chi connectivity index (χ3n) is 3.93. The van der Waals surface area contributed by atoms with Crippen molar-refractivity contribution in [2.24, 2.45) is 11.7 Å². The summed E-state index contributed by atoms with van der Waals surface area (Å²) in [6.45, 7) is 3.54. The summed E-state index contributed by atoms with van der Waals surface area (Å²) in [5.41, 5.74) is 5.61. The first-order valence-corrected chi connectivity index (χ1v) is 6.63. The molecule has 1 aromatic carbocycles. The van der Waals surface area contributed by atoms with Crippen LogP contribution in [-0.4, -0.2) is 24.5 Å². The average molecular weight is 265 g/mol. The lowest BCUT2D eigenvalue weighted by molar-refractivity contribution is -0.125. The molecule has 0 saturated carbocycles. The van der Waals surface area contributed by atoms with Gasteiger partial charge in [0.05, 0.1) is 0 Å². The maximum Gasteiger partial charge on any atom is 0.243 e. The number of carbonyl (C=O) groups excluding carboxylic acids is 1. The fraction of sp³-hybridized carbons (Fsp3) is 0.500. The molecule has 2 atom stereocenters. The van der Waals surface area contributed by atoms with E-state index in [0.717, 1.165) is 25.2 Å². The Labute approximate surface area is 112 Å². The minimum absolute atomic E-state index is 0.129. The van der Waals surface area contributed by atoms with Gasteiger partial charge in [-0.15, -0.1) is 0 Å². The van der Waals surface area contributed by atoms with Crippen molar-refractivity contribution in [3.63, 3.8) is 0 Å². The van der Waals surface area contributed by atoms with Gasteiger partial charge in [-0.3, -0.25) is 4.79 Å². The van der Waals surface area contributed by atoms with E-state index in [2.05, 4.69) is 10.6 Å². The predicted octanol–water partition coefficient (Wildman–Crippen LogP) is 1.48. The van der Waals surface area contributed by atoms with Gasteiger partial charge in [0.25, 0.3) is 0 Å². The molecule has 1 heterocycles. The number of anilines is 1. The van der Waals surface area contributed by atoms with Crippen LogP contribution < -0.4 is 16.4 Å². The molecule has 5 heteroatoms. The van der Waals surface area contributed by atoms with Gasteiger partial charge in [-0.2, -0.15) is 0 Å². The molecule has 0 bridgehead atoms. The molecule has 19 heavy (non-hydrogen) atoms. The van der Waals surface area contributed by atoms with Gasteiger partial charge in [0, 0.05) is 18.2 Å². The summed E-state index contributed by atoms with van der Waals surface area (Å²) < 4.78 is 12.9. The van der Waals surface area contributed by atoms with Crippen molar-refractivity contribution >= 4 is 11.6 Å². The molecule has 0 spiro atoms. The van der Waals surface area contributed by atoms with Gasteiger partial charge in [-0.1, -0.05) is 6.92 Å². The van der Waals surface area contributed by atoms with Crippen molar-refractivity contribution in [3.05, 3.63) is 30.1 Å². The Hall–Kier alpha value is -1.62. The van der Waals surface area contributed by atoms with Crippen molar-refractivity contribution in [1.82, 2.24) is 5.32 Å². The first kappa shape index (κ1) is 13.8.